The maximum atomic E-state index is 12.2. The number of halogens is 1. The minimum Gasteiger partial charge on any atom is -0.357 e. The van der Waals surface area contributed by atoms with Crippen LogP contribution in [0, 0.1) is 5.92 Å². The minimum absolute atomic E-state index is 0. The highest BCUT2D eigenvalue weighted by Gasteiger charge is 2.28. The van der Waals surface area contributed by atoms with Crippen LogP contribution in [0.25, 0.3) is 0 Å². The number of sulfone groups is 1. The van der Waals surface area contributed by atoms with Crippen molar-refractivity contribution in [2.24, 2.45) is 10.9 Å². The Labute approximate surface area is 168 Å². The fourth-order valence-electron chi connectivity index (χ4n) is 3.26. The summed E-state index contributed by atoms with van der Waals surface area (Å²) < 4.78 is 23.1. The van der Waals surface area contributed by atoms with Crippen LogP contribution in [0.5, 0.6) is 0 Å². The fraction of sp³-hybridized carbons (Fsp3) is 0.875. The number of carbonyl (C=O) groups excluding carboxylic acids is 1. The molecule has 2 fully saturated rings. The maximum Gasteiger partial charge on any atom is 0.224 e. The third-order valence-corrected chi connectivity index (χ3v) is 6.29. The molecule has 0 aromatic rings. The van der Waals surface area contributed by atoms with Gasteiger partial charge < -0.3 is 15.5 Å². The second-order valence-corrected chi connectivity index (χ2v) is 9.07. The number of carbonyl (C=O) groups is 1. The van der Waals surface area contributed by atoms with E-state index in [1.807, 2.05) is 11.8 Å². The van der Waals surface area contributed by atoms with Crippen molar-refractivity contribution in [2.45, 2.75) is 45.6 Å². The normalized spacial score (nSPS) is 26.0. The molecule has 25 heavy (non-hydrogen) atoms. The quantitative estimate of drug-likeness (QED) is 0.344. The maximum absolute atomic E-state index is 12.2. The van der Waals surface area contributed by atoms with Crippen LogP contribution >= 0.6 is 24.0 Å². The lowest BCUT2D eigenvalue weighted by Crippen LogP contribution is -2.44. The average molecular weight is 486 g/mol. The van der Waals surface area contributed by atoms with E-state index in [9.17, 15) is 13.2 Å². The molecule has 2 saturated heterocycles. The zero-order valence-electron chi connectivity index (χ0n) is 15.2. The van der Waals surface area contributed by atoms with Gasteiger partial charge >= 0.3 is 0 Å². The lowest BCUT2D eigenvalue weighted by atomic mass is 10.00. The molecular weight excluding hydrogens is 455 g/mol. The van der Waals surface area contributed by atoms with Crippen molar-refractivity contribution >= 4 is 45.7 Å². The van der Waals surface area contributed by atoms with Crippen LogP contribution in [-0.2, 0) is 14.6 Å². The van der Waals surface area contributed by atoms with Crippen molar-refractivity contribution in [3.8, 4) is 0 Å². The number of likely N-dealkylation sites (tertiary alicyclic amines) is 1. The van der Waals surface area contributed by atoms with Gasteiger partial charge in [-0.05, 0) is 32.1 Å². The lowest BCUT2D eigenvalue weighted by Gasteiger charge is -2.30. The van der Waals surface area contributed by atoms with Crippen LogP contribution in [0.2, 0.25) is 0 Å². The Morgan fingerprint density at radius 3 is 2.68 bits per heavy atom. The van der Waals surface area contributed by atoms with Gasteiger partial charge in [-0.3, -0.25) is 9.79 Å². The molecule has 2 aliphatic heterocycles. The Bertz CT molecular complexity index is 568. The van der Waals surface area contributed by atoms with E-state index in [-0.39, 0.29) is 47.4 Å². The van der Waals surface area contributed by atoms with Gasteiger partial charge in [0.15, 0.2) is 15.8 Å². The Balaban J connectivity index is 0.00000312. The Kier molecular flexibility index (Phi) is 9.47. The van der Waals surface area contributed by atoms with Crippen molar-refractivity contribution in [1.82, 2.24) is 15.5 Å². The van der Waals surface area contributed by atoms with Crippen molar-refractivity contribution in [2.75, 3.05) is 37.7 Å². The summed E-state index contributed by atoms with van der Waals surface area (Å²) in [6, 6.07) is -0.0913. The molecule has 2 unspecified atom stereocenters. The number of aliphatic imine (C=N–C) groups is 1. The topological polar surface area (TPSA) is 90.9 Å². The molecule has 146 valence electrons. The third-order valence-electron chi connectivity index (χ3n) is 4.52. The first-order valence-corrected chi connectivity index (χ1v) is 10.7. The number of piperidine rings is 1. The summed E-state index contributed by atoms with van der Waals surface area (Å²) >= 11 is 0. The Morgan fingerprint density at radius 2 is 2.08 bits per heavy atom. The number of hydrogen-bond donors (Lipinski definition) is 2. The molecule has 0 bridgehead atoms. The number of amides is 1. The molecule has 2 N–H and O–H groups in total. The van der Waals surface area contributed by atoms with Crippen LogP contribution < -0.4 is 10.6 Å². The van der Waals surface area contributed by atoms with E-state index in [1.54, 1.807) is 0 Å². The van der Waals surface area contributed by atoms with Gasteiger partial charge in [-0.2, -0.15) is 0 Å². The van der Waals surface area contributed by atoms with E-state index in [4.69, 9.17) is 0 Å². The molecule has 1 amide bonds. The number of rotatable bonds is 5. The molecule has 2 rings (SSSR count). The standard InChI is InChI=1S/C16H30N4O3S.HI/c1-3-17-16(19-14-7-10-24(22,23)12-14)18-8-6-15(21)20-9-4-5-13(2)11-20;/h13-14H,3-12H2,1-2H3,(H2,17,18,19);1H. The van der Waals surface area contributed by atoms with Gasteiger partial charge in [-0.25, -0.2) is 8.42 Å². The average Bonchev–Trinajstić information content (AvgIpc) is 2.86. The molecule has 2 heterocycles. The third kappa shape index (κ3) is 7.67. The molecule has 2 atom stereocenters. The van der Waals surface area contributed by atoms with Crippen molar-refractivity contribution in [3.63, 3.8) is 0 Å². The van der Waals surface area contributed by atoms with Crippen molar-refractivity contribution in [3.05, 3.63) is 0 Å². The smallest absolute Gasteiger partial charge is 0.224 e. The largest absolute Gasteiger partial charge is 0.357 e. The van der Waals surface area contributed by atoms with Gasteiger partial charge in [0, 0.05) is 32.1 Å². The monoisotopic (exact) mass is 486 g/mol. The van der Waals surface area contributed by atoms with E-state index in [2.05, 4.69) is 22.5 Å². The zero-order valence-corrected chi connectivity index (χ0v) is 18.3. The first-order valence-electron chi connectivity index (χ1n) is 8.92. The second-order valence-electron chi connectivity index (χ2n) is 6.84. The summed E-state index contributed by atoms with van der Waals surface area (Å²) in [5, 5.41) is 6.28. The van der Waals surface area contributed by atoms with E-state index in [0.29, 0.717) is 37.8 Å². The molecule has 2 aliphatic rings. The molecule has 7 nitrogen and oxygen atoms in total. The molecular formula is C16H31IN4O3S. The Morgan fingerprint density at radius 1 is 1.32 bits per heavy atom. The van der Waals surface area contributed by atoms with Crippen LogP contribution in [0.15, 0.2) is 4.99 Å². The van der Waals surface area contributed by atoms with E-state index in [0.717, 1.165) is 19.5 Å². The summed E-state index contributed by atoms with van der Waals surface area (Å²) in [7, 11) is -2.92. The summed E-state index contributed by atoms with van der Waals surface area (Å²) in [5.74, 6) is 1.72. The van der Waals surface area contributed by atoms with Crippen LogP contribution in [0.4, 0.5) is 0 Å². The predicted molar refractivity (Wildman–Crippen MR) is 111 cm³/mol. The highest BCUT2D eigenvalue weighted by Crippen LogP contribution is 2.16. The second kappa shape index (κ2) is 10.5. The van der Waals surface area contributed by atoms with Crippen molar-refractivity contribution in [1.29, 1.82) is 0 Å². The molecule has 9 heteroatoms. The van der Waals surface area contributed by atoms with Gasteiger partial charge in [0.25, 0.3) is 0 Å². The lowest BCUT2D eigenvalue weighted by molar-refractivity contribution is -0.132. The van der Waals surface area contributed by atoms with Gasteiger partial charge in [0.1, 0.15) is 0 Å². The molecule has 0 aromatic heterocycles. The highest BCUT2D eigenvalue weighted by atomic mass is 127. The van der Waals surface area contributed by atoms with E-state index < -0.39 is 9.84 Å². The van der Waals surface area contributed by atoms with E-state index in [1.165, 1.54) is 6.42 Å². The highest BCUT2D eigenvalue weighted by molar-refractivity contribution is 14.0. The van der Waals surface area contributed by atoms with E-state index >= 15 is 0 Å². The molecule has 0 radical (unpaired) electrons. The van der Waals surface area contributed by atoms with Crippen LogP contribution in [-0.4, -0.2) is 68.9 Å². The summed E-state index contributed by atoms with van der Waals surface area (Å²) in [6.07, 6.45) is 3.28. The predicted octanol–water partition coefficient (Wildman–Crippen LogP) is 0.995. The zero-order chi connectivity index (χ0) is 17.6. The van der Waals surface area contributed by atoms with Gasteiger partial charge in [0.2, 0.25) is 5.91 Å². The number of nitrogens with one attached hydrogen (secondary N) is 2. The SMILES string of the molecule is CCNC(=NCCC(=O)N1CCCC(C)C1)NC1CCS(=O)(=O)C1.I. The fourth-order valence-corrected chi connectivity index (χ4v) is 4.93. The molecule has 0 aliphatic carbocycles. The first-order chi connectivity index (χ1) is 11.4. The van der Waals surface area contributed by atoms with Crippen LogP contribution in [0.3, 0.4) is 0 Å². The number of nitrogens with zero attached hydrogens (tertiary/aromatic N) is 2. The molecule has 0 spiro atoms. The molecule has 0 aromatic carbocycles. The first kappa shape index (κ1) is 22.5. The van der Waals surface area contributed by atoms with Crippen LogP contribution in [0.1, 0.15) is 39.5 Å². The minimum atomic E-state index is -2.92. The summed E-state index contributed by atoms with van der Waals surface area (Å²) in [4.78, 5) is 18.6. The Hall–Kier alpha value is -0.580. The van der Waals surface area contributed by atoms with Gasteiger partial charge in [-0.15, -0.1) is 24.0 Å². The van der Waals surface area contributed by atoms with Gasteiger partial charge in [-0.1, -0.05) is 6.92 Å². The van der Waals surface area contributed by atoms with Gasteiger partial charge in [0.05, 0.1) is 18.1 Å². The molecule has 0 saturated carbocycles. The number of guanidine groups is 1. The van der Waals surface area contributed by atoms with Crippen molar-refractivity contribution < 1.29 is 13.2 Å². The summed E-state index contributed by atoms with van der Waals surface area (Å²) in [6.45, 7) is 6.96. The summed E-state index contributed by atoms with van der Waals surface area (Å²) in [5.41, 5.74) is 0. The number of hydrogen-bond acceptors (Lipinski definition) is 4.